The average Bonchev–Trinajstić information content (AvgIpc) is 3.24. The van der Waals surface area contributed by atoms with Crippen LogP contribution in [0.1, 0.15) is 16.9 Å². The second kappa shape index (κ2) is 6.07. The van der Waals surface area contributed by atoms with Gasteiger partial charge in [0.2, 0.25) is 5.91 Å². The van der Waals surface area contributed by atoms with E-state index >= 15 is 0 Å². The van der Waals surface area contributed by atoms with Crippen molar-refractivity contribution in [3.8, 4) is 5.75 Å². The molecule has 2 amide bonds. The minimum Gasteiger partial charge on any atom is -0.497 e. The Labute approximate surface area is 145 Å². The number of aromatic amines is 1. The smallest absolute Gasteiger partial charge is 0.270 e. The van der Waals surface area contributed by atoms with Crippen LogP contribution in [-0.2, 0) is 9.53 Å². The molecule has 7 nitrogen and oxygen atoms in total. The number of hydrogen-bond donors (Lipinski definition) is 1. The Kier molecular flexibility index (Phi) is 3.88. The molecule has 0 radical (unpaired) electrons. The summed E-state index contributed by atoms with van der Waals surface area (Å²) < 4.78 is 10.6. The molecule has 0 spiro atoms. The number of H-pyrrole nitrogens is 1. The van der Waals surface area contributed by atoms with E-state index in [4.69, 9.17) is 9.47 Å². The van der Waals surface area contributed by atoms with Gasteiger partial charge in [-0.3, -0.25) is 9.59 Å². The van der Waals surface area contributed by atoms with Crippen LogP contribution >= 0.6 is 0 Å². The summed E-state index contributed by atoms with van der Waals surface area (Å²) in [6, 6.07) is 7.46. The minimum atomic E-state index is -0.149. The van der Waals surface area contributed by atoms with E-state index in [1.54, 1.807) is 19.1 Å². The van der Waals surface area contributed by atoms with Crippen LogP contribution in [0, 0.1) is 0 Å². The molecule has 7 heteroatoms. The highest BCUT2D eigenvalue weighted by Gasteiger charge is 2.41. The van der Waals surface area contributed by atoms with E-state index < -0.39 is 0 Å². The van der Waals surface area contributed by atoms with E-state index in [0.29, 0.717) is 18.8 Å². The van der Waals surface area contributed by atoms with Gasteiger partial charge >= 0.3 is 0 Å². The summed E-state index contributed by atoms with van der Waals surface area (Å²) in [5, 5.41) is 0.910. The van der Waals surface area contributed by atoms with Crippen molar-refractivity contribution in [2.75, 3.05) is 33.9 Å². The third-order valence-electron chi connectivity index (χ3n) is 5.13. The number of ether oxygens (including phenoxy) is 2. The van der Waals surface area contributed by atoms with Gasteiger partial charge in [0, 0.05) is 31.1 Å². The van der Waals surface area contributed by atoms with Gasteiger partial charge < -0.3 is 24.3 Å². The monoisotopic (exact) mass is 343 g/mol. The molecule has 25 heavy (non-hydrogen) atoms. The van der Waals surface area contributed by atoms with Gasteiger partial charge in [-0.25, -0.2) is 0 Å². The van der Waals surface area contributed by atoms with Gasteiger partial charge in [-0.2, -0.15) is 0 Å². The number of piperazine rings is 1. The molecular formula is C18H21N3O4. The van der Waals surface area contributed by atoms with Crippen molar-refractivity contribution in [1.29, 1.82) is 0 Å². The molecule has 1 aromatic heterocycles. The van der Waals surface area contributed by atoms with Crippen molar-refractivity contribution < 1.29 is 19.1 Å². The van der Waals surface area contributed by atoms with Crippen LogP contribution in [0.2, 0.25) is 0 Å². The molecule has 0 bridgehead atoms. The summed E-state index contributed by atoms with van der Waals surface area (Å²) >= 11 is 0. The Balaban J connectivity index is 1.56. The van der Waals surface area contributed by atoms with E-state index in [1.165, 1.54) is 0 Å². The fourth-order valence-electron chi connectivity index (χ4n) is 3.77. The number of nitrogens with one attached hydrogen (secondary N) is 1. The predicted octanol–water partition coefficient (Wildman–Crippen LogP) is 1.25. The predicted molar refractivity (Wildman–Crippen MR) is 91.7 cm³/mol. The quantitative estimate of drug-likeness (QED) is 0.910. The van der Waals surface area contributed by atoms with Crippen molar-refractivity contribution in [1.82, 2.24) is 14.8 Å². The van der Waals surface area contributed by atoms with E-state index in [0.717, 1.165) is 23.1 Å². The average molecular weight is 343 g/mol. The Morgan fingerprint density at radius 3 is 2.84 bits per heavy atom. The fourth-order valence-corrected chi connectivity index (χ4v) is 3.77. The van der Waals surface area contributed by atoms with Crippen molar-refractivity contribution in [2.45, 2.75) is 18.6 Å². The SMILES string of the molecule is COc1ccc2[nH]c(C(=O)N3CC(=O)N4C[C@@H](OC)C[C@H]4C3)cc2c1. The van der Waals surface area contributed by atoms with Gasteiger partial charge in [0.25, 0.3) is 5.91 Å². The number of carbonyl (C=O) groups is 2. The first-order chi connectivity index (χ1) is 12.1. The molecule has 2 fully saturated rings. The number of hydrogen-bond acceptors (Lipinski definition) is 4. The van der Waals surface area contributed by atoms with Crippen LogP contribution in [0.3, 0.4) is 0 Å². The minimum absolute atomic E-state index is 0.0121. The highest BCUT2D eigenvalue weighted by Crippen LogP contribution is 2.26. The topological polar surface area (TPSA) is 74.9 Å². The van der Waals surface area contributed by atoms with Crippen molar-refractivity contribution >= 4 is 22.7 Å². The maximum Gasteiger partial charge on any atom is 0.270 e. The molecule has 4 rings (SSSR count). The van der Waals surface area contributed by atoms with Crippen LogP contribution in [-0.4, -0.2) is 72.6 Å². The summed E-state index contributed by atoms with van der Waals surface area (Å²) in [6.07, 6.45) is 0.833. The molecule has 1 N–H and O–H groups in total. The number of methoxy groups -OCH3 is 2. The largest absolute Gasteiger partial charge is 0.497 e. The molecule has 2 saturated heterocycles. The van der Waals surface area contributed by atoms with Gasteiger partial charge in [-0.1, -0.05) is 0 Å². The summed E-state index contributed by atoms with van der Waals surface area (Å²) in [7, 11) is 3.27. The van der Waals surface area contributed by atoms with Crippen LogP contribution < -0.4 is 4.74 Å². The zero-order chi connectivity index (χ0) is 17.6. The van der Waals surface area contributed by atoms with Gasteiger partial charge in [0.1, 0.15) is 18.0 Å². The number of nitrogens with zero attached hydrogens (tertiary/aromatic N) is 2. The van der Waals surface area contributed by atoms with Gasteiger partial charge in [0.15, 0.2) is 0 Å². The first-order valence-corrected chi connectivity index (χ1v) is 8.37. The molecule has 2 atom stereocenters. The van der Waals surface area contributed by atoms with Gasteiger partial charge in [-0.05, 0) is 30.7 Å². The molecule has 132 valence electrons. The maximum absolute atomic E-state index is 12.9. The van der Waals surface area contributed by atoms with Crippen molar-refractivity contribution in [2.24, 2.45) is 0 Å². The standard InChI is InChI=1S/C18H21N3O4/c1-24-13-3-4-15-11(5-13)6-16(19-15)18(23)20-8-12-7-14(25-2)9-21(12)17(22)10-20/h3-6,12,14,19H,7-10H2,1-2H3/t12-,14-/m0/s1. The van der Waals surface area contributed by atoms with Gasteiger partial charge in [0.05, 0.1) is 19.3 Å². The van der Waals surface area contributed by atoms with E-state index in [2.05, 4.69) is 4.98 Å². The van der Waals surface area contributed by atoms with Crippen LogP contribution in [0.15, 0.2) is 24.3 Å². The zero-order valence-electron chi connectivity index (χ0n) is 14.3. The number of fused-ring (bicyclic) bond motifs is 2. The molecule has 3 heterocycles. The fraction of sp³-hybridized carbons (Fsp3) is 0.444. The van der Waals surface area contributed by atoms with Crippen molar-refractivity contribution in [3.05, 3.63) is 30.0 Å². The maximum atomic E-state index is 12.9. The van der Waals surface area contributed by atoms with Crippen LogP contribution in [0.4, 0.5) is 0 Å². The van der Waals surface area contributed by atoms with Crippen molar-refractivity contribution in [3.63, 3.8) is 0 Å². The van der Waals surface area contributed by atoms with E-state index in [9.17, 15) is 9.59 Å². The molecule has 1 aromatic carbocycles. The number of rotatable bonds is 3. The summed E-state index contributed by atoms with van der Waals surface area (Å²) in [5.74, 6) is 0.580. The molecule has 2 aliphatic rings. The summed E-state index contributed by atoms with van der Waals surface area (Å²) in [5.41, 5.74) is 1.36. The Morgan fingerprint density at radius 2 is 2.08 bits per heavy atom. The summed E-state index contributed by atoms with van der Waals surface area (Å²) in [4.78, 5) is 31.9. The second-order valence-corrected chi connectivity index (χ2v) is 6.62. The highest BCUT2D eigenvalue weighted by atomic mass is 16.5. The number of amides is 2. The molecule has 0 unspecified atom stereocenters. The van der Waals surface area contributed by atoms with E-state index in [-0.39, 0.29) is 30.5 Å². The lowest BCUT2D eigenvalue weighted by molar-refractivity contribution is -0.136. The van der Waals surface area contributed by atoms with Crippen LogP contribution in [0.25, 0.3) is 10.9 Å². The van der Waals surface area contributed by atoms with E-state index in [1.807, 2.05) is 29.2 Å². The normalized spacial score (nSPS) is 23.2. The second-order valence-electron chi connectivity index (χ2n) is 6.62. The lowest BCUT2D eigenvalue weighted by Gasteiger charge is -2.36. The Morgan fingerprint density at radius 1 is 1.24 bits per heavy atom. The lowest BCUT2D eigenvalue weighted by atomic mass is 10.1. The first-order valence-electron chi connectivity index (χ1n) is 8.37. The first kappa shape index (κ1) is 16.0. The molecule has 0 saturated carbocycles. The molecule has 0 aliphatic carbocycles. The molecule has 2 aromatic rings. The zero-order valence-corrected chi connectivity index (χ0v) is 14.3. The lowest BCUT2D eigenvalue weighted by Crippen LogP contribution is -2.55. The molecule has 2 aliphatic heterocycles. The molecular weight excluding hydrogens is 322 g/mol. The van der Waals surface area contributed by atoms with Crippen LogP contribution in [0.5, 0.6) is 5.75 Å². The number of carbonyl (C=O) groups excluding carboxylic acids is 2. The summed E-state index contributed by atoms with van der Waals surface area (Å²) in [6.45, 7) is 1.28. The third kappa shape index (κ3) is 2.74. The third-order valence-corrected chi connectivity index (χ3v) is 5.13. The Bertz CT molecular complexity index is 831. The number of aromatic nitrogens is 1. The number of benzene rings is 1. The highest BCUT2D eigenvalue weighted by molar-refractivity contribution is 6.00. The Hall–Kier alpha value is -2.54. The van der Waals surface area contributed by atoms with Gasteiger partial charge in [-0.15, -0.1) is 0 Å².